The minimum atomic E-state index is -0.454. The second-order valence-corrected chi connectivity index (χ2v) is 6.80. The van der Waals surface area contributed by atoms with Crippen molar-refractivity contribution in [2.75, 3.05) is 6.61 Å². The van der Waals surface area contributed by atoms with Crippen LogP contribution in [0.15, 0.2) is 95.7 Å². The Kier molecular flexibility index (Phi) is 7.75. The van der Waals surface area contributed by atoms with Gasteiger partial charge < -0.3 is 9.47 Å². The lowest BCUT2D eigenvalue weighted by atomic mass is 10.2. The lowest BCUT2D eigenvalue weighted by Gasteiger charge is -2.05. The Bertz CT molecular complexity index is 998. The van der Waals surface area contributed by atoms with Gasteiger partial charge in [0.2, 0.25) is 0 Å². The van der Waals surface area contributed by atoms with E-state index in [0.29, 0.717) is 34.3 Å². The molecule has 152 valence electrons. The van der Waals surface area contributed by atoms with E-state index in [1.165, 1.54) is 0 Å². The SMILES string of the molecule is C=CCCCOc1ccc(N=Nc2ccc(C(=O)Oc3ccc(Cl)cc3)cc2)cc1. The Morgan fingerprint density at radius 3 is 2.03 bits per heavy atom. The molecule has 0 atom stereocenters. The summed E-state index contributed by atoms with van der Waals surface area (Å²) in [4.78, 5) is 12.2. The minimum Gasteiger partial charge on any atom is -0.494 e. The summed E-state index contributed by atoms with van der Waals surface area (Å²) in [6.07, 6.45) is 3.75. The molecule has 30 heavy (non-hydrogen) atoms. The average molecular weight is 421 g/mol. The molecule has 0 amide bonds. The summed E-state index contributed by atoms with van der Waals surface area (Å²) < 4.78 is 10.9. The van der Waals surface area contributed by atoms with Crippen molar-refractivity contribution in [3.8, 4) is 11.5 Å². The molecule has 5 nitrogen and oxygen atoms in total. The number of halogens is 1. The van der Waals surface area contributed by atoms with E-state index < -0.39 is 5.97 Å². The first kappa shape index (κ1) is 21.3. The van der Waals surface area contributed by atoms with E-state index in [4.69, 9.17) is 21.1 Å². The molecule has 0 aliphatic carbocycles. The third kappa shape index (κ3) is 6.57. The summed E-state index contributed by atoms with van der Waals surface area (Å²) in [6.45, 7) is 4.34. The van der Waals surface area contributed by atoms with Crippen molar-refractivity contribution >= 4 is 28.9 Å². The van der Waals surface area contributed by atoms with E-state index in [1.54, 1.807) is 48.5 Å². The molecule has 3 aromatic rings. The minimum absolute atomic E-state index is 0.418. The number of unbranched alkanes of at least 4 members (excludes halogenated alkanes) is 1. The lowest BCUT2D eigenvalue weighted by Crippen LogP contribution is -2.07. The van der Waals surface area contributed by atoms with Crippen molar-refractivity contribution in [1.82, 2.24) is 0 Å². The third-order valence-corrected chi connectivity index (χ3v) is 4.32. The maximum Gasteiger partial charge on any atom is 0.343 e. The van der Waals surface area contributed by atoms with Crippen LogP contribution in [0.4, 0.5) is 11.4 Å². The molecule has 0 aliphatic rings. The highest BCUT2D eigenvalue weighted by Crippen LogP contribution is 2.22. The summed E-state index contributed by atoms with van der Waals surface area (Å²) in [5.74, 6) is 0.771. The number of hydrogen-bond donors (Lipinski definition) is 0. The van der Waals surface area contributed by atoms with Gasteiger partial charge in [0.15, 0.2) is 0 Å². The smallest absolute Gasteiger partial charge is 0.343 e. The zero-order valence-electron chi connectivity index (χ0n) is 16.3. The van der Waals surface area contributed by atoms with Crippen LogP contribution in [0, 0.1) is 0 Å². The van der Waals surface area contributed by atoms with Gasteiger partial charge >= 0.3 is 5.97 Å². The zero-order valence-corrected chi connectivity index (χ0v) is 17.1. The van der Waals surface area contributed by atoms with Crippen molar-refractivity contribution in [2.45, 2.75) is 12.8 Å². The average Bonchev–Trinajstić information content (AvgIpc) is 2.78. The van der Waals surface area contributed by atoms with Crippen molar-refractivity contribution in [1.29, 1.82) is 0 Å². The van der Waals surface area contributed by atoms with E-state index in [2.05, 4.69) is 16.8 Å². The highest BCUT2D eigenvalue weighted by molar-refractivity contribution is 6.30. The molecule has 6 heteroatoms. The van der Waals surface area contributed by atoms with Crippen LogP contribution in [0.3, 0.4) is 0 Å². The summed E-state index contributed by atoms with van der Waals surface area (Å²) in [5, 5.41) is 8.98. The van der Waals surface area contributed by atoms with Gasteiger partial charge in [0.25, 0.3) is 0 Å². The normalized spacial score (nSPS) is 10.7. The monoisotopic (exact) mass is 420 g/mol. The fourth-order valence-electron chi connectivity index (χ4n) is 2.47. The van der Waals surface area contributed by atoms with Gasteiger partial charge in [0.1, 0.15) is 11.5 Å². The highest BCUT2D eigenvalue weighted by atomic mass is 35.5. The van der Waals surface area contributed by atoms with Crippen molar-refractivity contribution in [2.24, 2.45) is 10.2 Å². The van der Waals surface area contributed by atoms with Crippen molar-refractivity contribution < 1.29 is 14.3 Å². The predicted molar refractivity (Wildman–Crippen MR) is 118 cm³/mol. The van der Waals surface area contributed by atoms with Crippen LogP contribution in [0.1, 0.15) is 23.2 Å². The number of ether oxygens (including phenoxy) is 2. The summed E-state index contributed by atoms with van der Waals surface area (Å²) >= 11 is 5.83. The lowest BCUT2D eigenvalue weighted by molar-refractivity contribution is 0.0735. The number of allylic oxidation sites excluding steroid dienone is 1. The Balaban J connectivity index is 1.54. The molecule has 0 heterocycles. The van der Waals surface area contributed by atoms with Crippen molar-refractivity contribution in [3.63, 3.8) is 0 Å². The van der Waals surface area contributed by atoms with E-state index in [0.717, 1.165) is 18.6 Å². The number of azo groups is 1. The molecule has 0 N–H and O–H groups in total. The number of nitrogens with zero attached hydrogens (tertiary/aromatic N) is 2. The van der Waals surface area contributed by atoms with E-state index in [-0.39, 0.29) is 0 Å². The Morgan fingerprint density at radius 2 is 1.43 bits per heavy atom. The number of esters is 1. The maximum atomic E-state index is 12.2. The van der Waals surface area contributed by atoms with Crippen LogP contribution in [0.5, 0.6) is 11.5 Å². The van der Waals surface area contributed by atoms with E-state index in [1.807, 2.05) is 30.3 Å². The quantitative estimate of drug-likeness (QED) is 0.120. The topological polar surface area (TPSA) is 60.2 Å². The number of rotatable bonds is 9. The summed E-state index contributed by atoms with van der Waals surface area (Å²) in [7, 11) is 0. The first-order valence-corrected chi connectivity index (χ1v) is 9.85. The van der Waals surface area contributed by atoms with Gasteiger partial charge in [-0.25, -0.2) is 4.79 Å². The maximum absolute atomic E-state index is 12.2. The number of carbonyl (C=O) groups excluding carboxylic acids is 1. The van der Waals surface area contributed by atoms with Gasteiger partial charge in [0.05, 0.1) is 23.5 Å². The zero-order chi connectivity index (χ0) is 21.2. The second-order valence-electron chi connectivity index (χ2n) is 6.36. The first-order chi connectivity index (χ1) is 14.6. The molecular weight excluding hydrogens is 400 g/mol. The Morgan fingerprint density at radius 1 is 0.867 bits per heavy atom. The van der Waals surface area contributed by atoms with Crippen LogP contribution >= 0.6 is 11.6 Å². The van der Waals surface area contributed by atoms with Gasteiger partial charge in [-0.15, -0.1) is 6.58 Å². The van der Waals surface area contributed by atoms with Gasteiger partial charge in [-0.3, -0.25) is 0 Å². The number of benzene rings is 3. The van der Waals surface area contributed by atoms with Crippen LogP contribution < -0.4 is 9.47 Å². The second kappa shape index (κ2) is 10.9. The molecule has 0 fully saturated rings. The summed E-state index contributed by atoms with van der Waals surface area (Å²) in [6, 6.07) is 20.7. The summed E-state index contributed by atoms with van der Waals surface area (Å²) in [5.41, 5.74) is 1.75. The third-order valence-electron chi connectivity index (χ3n) is 4.07. The molecule has 0 saturated heterocycles. The molecule has 0 bridgehead atoms. The van der Waals surface area contributed by atoms with Gasteiger partial charge in [-0.2, -0.15) is 10.2 Å². The van der Waals surface area contributed by atoms with Gasteiger partial charge in [-0.05, 0) is 85.6 Å². The molecule has 0 unspecified atom stereocenters. The molecule has 3 aromatic carbocycles. The Labute approximate surface area is 180 Å². The highest BCUT2D eigenvalue weighted by Gasteiger charge is 2.08. The van der Waals surface area contributed by atoms with Crippen LogP contribution in [0.2, 0.25) is 5.02 Å². The van der Waals surface area contributed by atoms with Crippen LogP contribution in [-0.2, 0) is 0 Å². The van der Waals surface area contributed by atoms with E-state index >= 15 is 0 Å². The fourth-order valence-corrected chi connectivity index (χ4v) is 2.60. The molecule has 0 spiro atoms. The Hall–Kier alpha value is -3.44. The predicted octanol–water partition coefficient (Wildman–Crippen LogP) is 7.32. The van der Waals surface area contributed by atoms with Crippen LogP contribution in [-0.4, -0.2) is 12.6 Å². The van der Waals surface area contributed by atoms with E-state index in [9.17, 15) is 4.79 Å². The van der Waals surface area contributed by atoms with Gasteiger partial charge in [-0.1, -0.05) is 17.7 Å². The fraction of sp³-hybridized carbons (Fsp3) is 0.125. The molecular formula is C24H21ClN2O3. The molecule has 3 rings (SSSR count). The standard InChI is InChI=1S/C24H21ClN2O3/c1-2-3-4-17-29-22-15-11-21(12-16-22)27-26-20-9-5-18(6-10-20)24(28)30-23-13-7-19(25)8-14-23/h2,5-16H,1,3-4,17H2. The first-order valence-electron chi connectivity index (χ1n) is 9.47. The molecule has 0 radical (unpaired) electrons. The number of carbonyl (C=O) groups is 1. The molecule has 0 aromatic heterocycles. The number of hydrogen-bond acceptors (Lipinski definition) is 5. The molecule has 0 saturated carbocycles. The van der Waals surface area contributed by atoms with Crippen LogP contribution in [0.25, 0.3) is 0 Å². The van der Waals surface area contributed by atoms with Crippen molar-refractivity contribution in [3.05, 3.63) is 96.0 Å². The molecule has 0 aliphatic heterocycles. The van der Waals surface area contributed by atoms with Gasteiger partial charge in [0, 0.05) is 5.02 Å². The largest absolute Gasteiger partial charge is 0.494 e.